The summed E-state index contributed by atoms with van der Waals surface area (Å²) < 4.78 is 28.9. The van der Waals surface area contributed by atoms with E-state index in [4.69, 9.17) is 0 Å². The number of carbonyl (C=O) groups is 1. The van der Waals surface area contributed by atoms with Gasteiger partial charge in [0.05, 0.1) is 18.3 Å². The second kappa shape index (κ2) is 4.78. The van der Waals surface area contributed by atoms with Gasteiger partial charge in [-0.1, -0.05) is 6.07 Å². The minimum absolute atomic E-state index is 0.0372. The number of nitrogens with zero attached hydrogens (tertiary/aromatic N) is 3. The van der Waals surface area contributed by atoms with Crippen LogP contribution in [0.1, 0.15) is 5.56 Å². The molecule has 0 spiro atoms. The largest absolute Gasteiger partial charge is 0.325 e. The minimum Gasteiger partial charge on any atom is -0.325 e. The topological polar surface area (TPSA) is 105 Å². The Morgan fingerprint density at radius 3 is 2.96 bits per heavy atom. The van der Waals surface area contributed by atoms with E-state index < -0.39 is 10.0 Å². The number of rotatable bonds is 3. The molecule has 0 bridgehead atoms. The molecule has 1 aromatic carbocycles. The van der Waals surface area contributed by atoms with Crippen LogP contribution in [-0.4, -0.2) is 29.2 Å². The van der Waals surface area contributed by atoms with Crippen LogP contribution in [0.15, 0.2) is 47.6 Å². The van der Waals surface area contributed by atoms with E-state index in [0.717, 1.165) is 5.56 Å². The number of hydrogen-bond acceptors (Lipinski definition) is 5. The molecule has 0 atom stereocenters. The standard InChI is InChI=1S/C14H11N5O3S/c20-14-6-9-3-4-10(7-11(9)17-14)18-23(21,22)13-8-16-19-12(13)2-1-5-15-19/h1-5,7-8,18H,6H2,(H,17,20). The number of anilines is 2. The van der Waals surface area contributed by atoms with Crippen molar-refractivity contribution < 1.29 is 13.2 Å². The van der Waals surface area contributed by atoms with Crippen LogP contribution in [0.3, 0.4) is 0 Å². The van der Waals surface area contributed by atoms with Gasteiger partial charge in [-0.3, -0.25) is 9.52 Å². The van der Waals surface area contributed by atoms with Crippen LogP contribution in [0.25, 0.3) is 5.52 Å². The second-order valence-electron chi connectivity index (χ2n) is 5.11. The Morgan fingerprint density at radius 2 is 2.09 bits per heavy atom. The van der Waals surface area contributed by atoms with Gasteiger partial charge in [0.15, 0.2) is 0 Å². The molecule has 0 unspecified atom stereocenters. The smallest absolute Gasteiger partial charge is 0.265 e. The Bertz CT molecular complexity index is 1040. The van der Waals surface area contributed by atoms with Crippen molar-refractivity contribution in [2.75, 3.05) is 10.0 Å². The summed E-state index contributed by atoms with van der Waals surface area (Å²) in [6.45, 7) is 0. The highest BCUT2D eigenvalue weighted by atomic mass is 32.2. The number of fused-ring (bicyclic) bond motifs is 2. The second-order valence-corrected chi connectivity index (χ2v) is 6.76. The summed E-state index contributed by atoms with van der Waals surface area (Å²) in [5, 5.41) is 10.6. The van der Waals surface area contributed by atoms with Crippen LogP contribution in [0.2, 0.25) is 0 Å². The molecule has 9 heteroatoms. The van der Waals surface area contributed by atoms with Gasteiger partial charge < -0.3 is 5.32 Å². The summed E-state index contributed by atoms with van der Waals surface area (Å²) in [5.41, 5.74) is 2.22. The molecule has 1 aliphatic heterocycles. The average Bonchev–Trinajstić information content (AvgIpc) is 3.09. The van der Waals surface area contributed by atoms with Gasteiger partial charge >= 0.3 is 0 Å². The van der Waals surface area contributed by atoms with Gasteiger partial charge in [0.25, 0.3) is 10.0 Å². The molecule has 2 N–H and O–H groups in total. The third-order valence-electron chi connectivity index (χ3n) is 3.55. The van der Waals surface area contributed by atoms with Gasteiger partial charge in [-0.25, -0.2) is 8.42 Å². The lowest BCUT2D eigenvalue weighted by Gasteiger charge is -2.08. The molecule has 3 heterocycles. The third kappa shape index (κ3) is 2.30. The highest BCUT2D eigenvalue weighted by molar-refractivity contribution is 7.93. The maximum atomic E-state index is 12.6. The number of carbonyl (C=O) groups excluding carboxylic acids is 1. The van der Waals surface area contributed by atoms with E-state index in [-0.39, 0.29) is 10.8 Å². The molecule has 1 aliphatic rings. The van der Waals surface area contributed by atoms with Gasteiger partial charge in [0.2, 0.25) is 5.91 Å². The van der Waals surface area contributed by atoms with E-state index in [2.05, 4.69) is 20.2 Å². The fourth-order valence-corrected chi connectivity index (χ4v) is 3.66. The molecule has 23 heavy (non-hydrogen) atoms. The molecule has 0 radical (unpaired) electrons. The average molecular weight is 329 g/mol. The zero-order valence-corrected chi connectivity index (χ0v) is 12.5. The predicted molar refractivity (Wildman–Crippen MR) is 82.6 cm³/mol. The molecule has 8 nitrogen and oxygen atoms in total. The van der Waals surface area contributed by atoms with Crippen molar-refractivity contribution in [2.45, 2.75) is 11.3 Å². The van der Waals surface area contributed by atoms with Crippen LogP contribution in [0.4, 0.5) is 11.4 Å². The molecule has 1 amide bonds. The summed E-state index contributed by atoms with van der Waals surface area (Å²) in [4.78, 5) is 11.4. The highest BCUT2D eigenvalue weighted by Gasteiger charge is 2.22. The van der Waals surface area contributed by atoms with Crippen LogP contribution in [0.5, 0.6) is 0 Å². The van der Waals surface area contributed by atoms with Crippen molar-refractivity contribution in [3.63, 3.8) is 0 Å². The summed E-state index contributed by atoms with van der Waals surface area (Å²) in [6, 6.07) is 8.21. The lowest BCUT2D eigenvalue weighted by atomic mass is 10.1. The van der Waals surface area contributed by atoms with E-state index >= 15 is 0 Å². The normalized spacial score (nSPS) is 13.8. The predicted octanol–water partition coefficient (Wildman–Crippen LogP) is 1.02. The fourth-order valence-electron chi connectivity index (χ4n) is 2.51. The number of sulfonamides is 1. The van der Waals surface area contributed by atoms with Crippen LogP contribution < -0.4 is 10.0 Å². The van der Waals surface area contributed by atoms with Crippen molar-refractivity contribution in [2.24, 2.45) is 0 Å². The van der Waals surface area contributed by atoms with Crippen molar-refractivity contribution in [3.05, 3.63) is 48.3 Å². The molecule has 116 valence electrons. The summed E-state index contributed by atoms with van der Waals surface area (Å²) in [5.74, 6) is -0.103. The molecule has 2 aromatic heterocycles. The Kier molecular flexibility index (Phi) is 2.85. The molecule has 0 saturated carbocycles. The van der Waals surface area contributed by atoms with Crippen molar-refractivity contribution in [1.29, 1.82) is 0 Å². The van der Waals surface area contributed by atoms with E-state index in [1.54, 1.807) is 30.3 Å². The molecule has 0 saturated heterocycles. The lowest BCUT2D eigenvalue weighted by molar-refractivity contribution is -0.115. The van der Waals surface area contributed by atoms with Gasteiger partial charge in [-0.2, -0.15) is 14.8 Å². The van der Waals surface area contributed by atoms with Gasteiger partial charge in [0, 0.05) is 11.9 Å². The molecular formula is C14H11N5O3S. The first-order chi connectivity index (χ1) is 11.0. The van der Waals surface area contributed by atoms with E-state index in [0.29, 0.717) is 23.3 Å². The Labute approximate surface area is 131 Å². The minimum atomic E-state index is -3.81. The van der Waals surface area contributed by atoms with Crippen LogP contribution in [-0.2, 0) is 21.2 Å². The molecular weight excluding hydrogens is 318 g/mol. The van der Waals surface area contributed by atoms with Gasteiger partial charge in [0.1, 0.15) is 10.4 Å². The Hall–Kier alpha value is -2.94. The van der Waals surface area contributed by atoms with Crippen molar-refractivity contribution in [1.82, 2.24) is 14.8 Å². The van der Waals surface area contributed by atoms with E-state index in [1.165, 1.54) is 17.0 Å². The SMILES string of the molecule is O=C1Cc2ccc(NS(=O)(=O)c3cnn4ncccc34)cc2N1. The number of benzene rings is 1. The first-order valence-corrected chi connectivity index (χ1v) is 8.26. The Morgan fingerprint density at radius 1 is 1.22 bits per heavy atom. The van der Waals surface area contributed by atoms with Crippen LogP contribution >= 0.6 is 0 Å². The lowest BCUT2D eigenvalue weighted by Crippen LogP contribution is -2.13. The summed E-state index contributed by atoms with van der Waals surface area (Å²) in [7, 11) is -3.81. The first-order valence-electron chi connectivity index (χ1n) is 6.77. The monoisotopic (exact) mass is 329 g/mol. The number of hydrogen-bond donors (Lipinski definition) is 2. The molecule has 4 rings (SSSR count). The zero-order valence-electron chi connectivity index (χ0n) is 11.7. The molecule has 0 fully saturated rings. The van der Waals surface area contributed by atoms with E-state index in [9.17, 15) is 13.2 Å². The van der Waals surface area contributed by atoms with Crippen molar-refractivity contribution >= 4 is 32.8 Å². The molecule has 0 aliphatic carbocycles. The summed E-state index contributed by atoms with van der Waals surface area (Å²) >= 11 is 0. The maximum absolute atomic E-state index is 12.6. The van der Waals surface area contributed by atoms with Gasteiger partial charge in [-0.15, -0.1) is 0 Å². The van der Waals surface area contributed by atoms with Crippen molar-refractivity contribution in [3.8, 4) is 0 Å². The highest BCUT2D eigenvalue weighted by Crippen LogP contribution is 2.28. The molecule has 3 aromatic rings. The third-order valence-corrected chi connectivity index (χ3v) is 4.94. The number of nitrogens with one attached hydrogen (secondary N) is 2. The Balaban J connectivity index is 1.71. The summed E-state index contributed by atoms with van der Waals surface area (Å²) in [6.07, 6.45) is 3.08. The van der Waals surface area contributed by atoms with E-state index in [1.807, 2.05) is 0 Å². The number of amides is 1. The fraction of sp³-hybridized carbons (Fsp3) is 0.0714. The van der Waals surface area contributed by atoms with Gasteiger partial charge in [-0.05, 0) is 29.8 Å². The zero-order chi connectivity index (χ0) is 16.0. The first kappa shape index (κ1) is 13.7. The quantitative estimate of drug-likeness (QED) is 0.746. The maximum Gasteiger partial charge on any atom is 0.265 e. The van der Waals surface area contributed by atoms with Crippen LogP contribution in [0, 0.1) is 0 Å². The number of aromatic nitrogens is 3.